The number of rotatable bonds is 5. The molecule has 2 heterocycles. The third-order valence-electron chi connectivity index (χ3n) is 2.68. The normalized spacial score (nSPS) is 11.4. The molecule has 0 aliphatic heterocycles. The van der Waals surface area contributed by atoms with E-state index in [0.717, 1.165) is 4.88 Å². The molecule has 21 heavy (non-hydrogen) atoms. The molecule has 0 bridgehead atoms. The van der Waals surface area contributed by atoms with Crippen LogP contribution in [0.3, 0.4) is 0 Å². The van der Waals surface area contributed by atoms with Crippen LogP contribution in [0.5, 0.6) is 0 Å². The van der Waals surface area contributed by atoms with E-state index >= 15 is 0 Å². The number of oxazole rings is 1. The highest BCUT2D eigenvalue weighted by Crippen LogP contribution is 2.23. The minimum atomic E-state index is -0.924. The second kappa shape index (κ2) is 6.28. The number of urea groups is 1. The zero-order valence-electron chi connectivity index (χ0n) is 12.3. The number of nitrogens with one attached hydrogen (secondary N) is 1. The number of aliphatic hydroxyl groups is 1. The van der Waals surface area contributed by atoms with Gasteiger partial charge in [0.1, 0.15) is 6.26 Å². The van der Waals surface area contributed by atoms with Gasteiger partial charge in [-0.25, -0.2) is 9.78 Å². The number of carbonyl (C=O) groups is 1. The molecule has 0 aliphatic carbocycles. The quantitative estimate of drug-likeness (QED) is 0.888. The third kappa shape index (κ3) is 4.57. The molecule has 6 nitrogen and oxygen atoms in total. The lowest BCUT2D eigenvalue weighted by Crippen LogP contribution is -2.44. The van der Waals surface area contributed by atoms with E-state index in [1.807, 2.05) is 17.5 Å². The first kappa shape index (κ1) is 15.5. The third-order valence-corrected chi connectivity index (χ3v) is 3.53. The van der Waals surface area contributed by atoms with Gasteiger partial charge >= 0.3 is 6.03 Å². The van der Waals surface area contributed by atoms with Crippen LogP contribution in [-0.2, 0) is 6.54 Å². The predicted octanol–water partition coefficient (Wildman–Crippen LogP) is 2.32. The molecule has 0 fully saturated rings. The fraction of sp³-hybridized carbons (Fsp3) is 0.429. The van der Waals surface area contributed by atoms with E-state index in [1.54, 1.807) is 32.2 Å². The number of nitrogens with zero attached hydrogens (tertiary/aromatic N) is 2. The highest BCUT2D eigenvalue weighted by Gasteiger charge is 2.19. The van der Waals surface area contributed by atoms with Gasteiger partial charge in [0, 0.05) is 7.05 Å². The van der Waals surface area contributed by atoms with Gasteiger partial charge < -0.3 is 19.7 Å². The average molecular weight is 309 g/mol. The van der Waals surface area contributed by atoms with Crippen molar-refractivity contribution in [3.63, 3.8) is 0 Å². The first-order valence-electron chi connectivity index (χ1n) is 6.55. The Morgan fingerprint density at radius 1 is 1.57 bits per heavy atom. The highest BCUT2D eigenvalue weighted by molar-refractivity contribution is 7.13. The fourth-order valence-corrected chi connectivity index (χ4v) is 2.51. The minimum absolute atomic E-state index is 0.248. The van der Waals surface area contributed by atoms with E-state index in [0.29, 0.717) is 11.6 Å². The number of amides is 2. The maximum absolute atomic E-state index is 11.9. The van der Waals surface area contributed by atoms with Gasteiger partial charge in [0.2, 0.25) is 5.89 Å². The number of aromatic nitrogens is 1. The summed E-state index contributed by atoms with van der Waals surface area (Å²) in [5.74, 6) is 0.555. The molecule has 0 saturated carbocycles. The number of hydrogen-bond donors (Lipinski definition) is 2. The van der Waals surface area contributed by atoms with Crippen LogP contribution in [0.2, 0.25) is 0 Å². The molecule has 7 heteroatoms. The molecular weight excluding hydrogens is 290 g/mol. The molecule has 2 N–H and O–H groups in total. The average Bonchev–Trinajstić information content (AvgIpc) is 3.04. The minimum Gasteiger partial charge on any atom is -0.443 e. The number of likely N-dealkylation sites (N-methyl/N-ethyl adjacent to an activating group) is 1. The first-order chi connectivity index (χ1) is 9.85. The summed E-state index contributed by atoms with van der Waals surface area (Å²) >= 11 is 1.55. The van der Waals surface area contributed by atoms with Crippen molar-refractivity contribution < 1.29 is 14.3 Å². The molecule has 0 unspecified atom stereocenters. The van der Waals surface area contributed by atoms with Crippen LogP contribution in [0.4, 0.5) is 4.79 Å². The van der Waals surface area contributed by atoms with Crippen LogP contribution in [0.15, 0.2) is 28.2 Å². The van der Waals surface area contributed by atoms with Gasteiger partial charge in [0.15, 0.2) is 0 Å². The molecule has 0 aromatic carbocycles. The van der Waals surface area contributed by atoms with Crippen LogP contribution < -0.4 is 5.32 Å². The van der Waals surface area contributed by atoms with Gasteiger partial charge in [0.05, 0.1) is 29.3 Å². The van der Waals surface area contributed by atoms with Crippen molar-refractivity contribution in [2.45, 2.75) is 26.0 Å². The molecule has 2 rings (SSSR count). The SMILES string of the molecule is CN(CC(C)(C)O)C(=O)NCc1coc(-c2cccs2)n1. The Balaban J connectivity index is 1.87. The summed E-state index contributed by atoms with van der Waals surface area (Å²) in [4.78, 5) is 18.6. The summed E-state index contributed by atoms with van der Waals surface area (Å²) in [6.45, 7) is 3.84. The Hall–Kier alpha value is -1.86. The molecule has 0 aliphatic rings. The molecular formula is C14H19N3O3S. The number of thiophene rings is 1. The Kier molecular flexibility index (Phi) is 4.64. The van der Waals surface area contributed by atoms with E-state index in [2.05, 4.69) is 10.3 Å². The van der Waals surface area contributed by atoms with Crippen LogP contribution in [0.1, 0.15) is 19.5 Å². The lowest BCUT2D eigenvalue weighted by Gasteiger charge is -2.25. The standard InChI is InChI=1S/C14H19N3O3S/c1-14(2,19)9-17(3)13(18)15-7-10-8-20-12(16-10)11-5-4-6-21-11/h4-6,8,19H,7,9H2,1-3H3,(H,15,18). The second-order valence-corrected chi connectivity index (χ2v) is 6.40. The molecule has 0 spiro atoms. The van der Waals surface area contributed by atoms with Crippen LogP contribution >= 0.6 is 11.3 Å². The summed E-state index contributed by atoms with van der Waals surface area (Å²) in [6, 6.07) is 3.59. The van der Waals surface area contributed by atoms with Crippen molar-refractivity contribution in [2.24, 2.45) is 0 Å². The molecule has 0 atom stereocenters. The summed E-state index contributed by atoms with van der Waals surface area (Å²) in [7, 11) is 1.63. The van der Waals surface area contributed by atoms with Gasteiger partial charge in [-0.1, -0.05) is 6.07 Å². The van der Waals surface area contributed by atoms with Gasteiger partial charge in [-0.2, -0.15) is 0 Å². The van der Waals surface area contributed by atoms with Gasteiger partial charge in [-0.05, 0) is 25.3 Å². The Labute approximate surface area is 127 Å². The van der Waals surface area contributed by atoms with Crippen molar-refractivity contribution in [3.8, 4) is 10.8 Å². The van der Waals surface area contributed by atoms with E-state index in [4.69, 9.17) is 4.42 Å². The summed E-state index contributed by atoms with van der Waals surface area (Å²) in [5, 5.41) is 14.4. The van der Waals surface area contributed by atoms with Crippen molar-refractivity contribution in [2.75, 3.05) is 13.6 Å². The summed E-state index contributed by atoms with van der Waals surface area (Å²) in [6.07, 6.45) is 1.53. The lowest BCUT2D eigenvalue weighted by atomic mass is 10.1. The van der Waals surface area contributed by atoms with Crippen molar-refractivity contribution >= 4 is 17.4 Å². The topological polar surface area (TPSA) is 78.6 Å². The van der Waals surface area contributed by atoms with Gasteiger partial charge in [-0.15, -0.1) is 11.3 Å². The van der Waals surface area contributed by atoms with Crippen molar-refractivity contribution in [1.82, 2.24) is 15.2 Å². The number of carbonyl (C=O) groups excluding carboxylic acids is 1. The Morgan fingerprint density at radius 3 is 2.95 bits per heavy atom. The maximum atomic E-state index is 11.9. The molecule has 0 saturated heterocycles. The van der Waals surface area contributed by atoms with E-state index in [-0.39, 0.29) is 19.1 Å². The fourth-order valence-electron chi connectivity index (χ4n) is 1.85. The molecule has 2 aromatic rings. The van der Waals surface area contributed by atoms with E-state index < -0.39 is 5.60 Å². The van der Waals surface area contributed by atoms with Gasteiger partial charge in [-0.3, -0.25) is 0 Å². The Morgan fingerprint density at radius 2 is 2.33 bits per heavy atom. The highest BCUT2D eigenvalue weighted by atomic mass is 32.1. The van der Waals surface area contributed by atoms with E-state index in [9.17, 15) is 9.90 Å². The largest absolute Gasteiger partial charge is 0.443 e. The number of hydrogen-bond acceptors (Lipinski definition) is 5. The van der Waals surface area contributed by atoms with Crippen molar-refractivity contribution in [1.29, 1.82) is 0 Å². The summed E-state index contributed by atoms with van der Waals surface area (Å²) < 4.78 is 5.38. The molecule has 0 radical (unpaired) electrons. The van der Waals surface area contributed by atoms with Crippen LogP contribution in [0, 0.1) is 0 Å². The van der Waals surface area contributed by atoms with Gasteiger partial charge in [0.25, 0.3) is 0 Å². The molecule has 2 amide bonds. The summed E-state index contributed by atoms with van der Waals surface area (Å²) in [5.41, 5.74) is -0.268. The van der Waals surface area contributed by atoms with E-state index in [1.165, 1.54) is 11.2 Å². The van der Waals surface area contributed by atoms with Crippen molar-refractivity contribution in [3.05, 3.63) is 29.5 Å². The molecule has 2 aromatic heterocycles. The zero-order valence-corrected chi connectivity index (χ0v) is 13.1. The van der Waals surface area contributed by atoms with Crippen LogP contribution in [0.25, 0.3) is 10.8 Å². The predicted molar refractivity (Wildman–Crippen MR) is 81.0 cm³/mol. The lowest BCUT2D eigenvalue weighted by molar-refractivity contribution is 0.0531. The van der Waals surface area contributed by atoms with Crippen LogP contribution in [-0.4, -0.2) is 40.2 Å². The monoisotopic (exact) mass is 309 g/mol. The molecule has 114 valence electrons. The smallest absolute Gasteiger partial charge is 0.317 e. The second-order valence-electron chi connectivity index (χ2n) is 5.45. The first-order valence-corrected chi connectivity index (χ1v) is 7.43. The zero-order chi connectivity index (χ0) is 15.5. The maximum Gasteiger partial charge on any atom is 0.317 e. The Bertz CT molecular complexity index is 587.